The Morgan fingerprint density at radius 1 is 0.424 bits per heavy atom. The van der Waals surface area contributed by atoms with Crippen LogP contribution in [0.3, 0.4) is 0 Å². The molecule has 13 rings (SSSR count). The maximum Gasteiger partial charge on any atom is 0.140 e. The molecule has 2 atom stereocenters. The number of allylic oxidation sites excluding steroid dienone is 4. The molecule has 1 nitrogen and oxygen atoms in total. The molecule has 0 aromatic heterocycles. The Hall–Kier alpha value is -7.22. The van der Waals surface area contributed by atoms with Crippen molar-refractivity contribution in [3.05, 3.63) is 244 Å². The zero-order valence-electron chi connectivity index (χ0n) is 32.9. The zero-order valence-corrected chi connectivity index (χ0v) is 32.9. The minimum atomic E-state index is -0.535. The summed E-state index contributed by atoms with van der Waals surface area (Å²) in [5, 5.41) is 4.90. The van der Waals surface area contributed by atoms with Crippen LogP contribution in [0.15, 0.2) is 200 Å². The minimum Gasteiger partial charge on any atom is -0.456 e. The molecule has 9 aromatic carbocycles. The van der Waals surface area contributed by atoms with Crippen molar-refractivity contribution in [2.24, 2.45) is 0 Å². The second-order valence-electron chi connectivity index (χ2n) is 16.6. The highest BCUT2D eigenvalue weighted by atomic mass is 16.5. The number of rotatable bonds is 2. The quantitative estimate of drug-likeness (QED) is 0.171. The van der Waals surface area contributed by atoms with Gasteiger partial charge in [0.05, 0.1) is 10.8 Å². The first kappa shape index (κ1) is 32.8. The highest BCUT2D eigenvalue weighted by Gasteiger charge is 2.53. The van der Waals surface area contributed by atoms with Gasteiger partial charge in [0.1, 0.15) is 11.5 Å². The number of hydrogen-bond donors (Lipinski definition) is 0. The molecule has 0 amide bonds. The van der Waals surface area contributed by atoms with Crippen LogP contribution in [-0.2, 0) is 10.8 Å². The van der Waals surface area contributed by atoms with Gasteiger partial charge >= 0.3 is 0 Å². The molecule has 0 N–H and O–H groups in total. The van der Waals surface area contributed by atoms with Crippen molar-refractivity contribution in [1.29, 1.82) is 0 Å². The first-order chi connectivity index (χ1) is 29.1. The molecule has 276 valence electrons. The molecule has 59 heavy (non-hydrogen) atoms. The molecule has 2 spiro atoms. The van der Waals surface area contributed by atoms with Crippen LogP contribution >= 0.6 is 0 Å². The van der Waals surface area contributed by atoms with Gasteiger partial charge in [0.15, 0.2) is 0 Å². The van der Waals surface area contributed by atoms with Gasteiger partial charge < -0.3 is 4.74 Å². The highest BCUT2D eigenvalue weighted by molar-refractivity contribution is 6.06. The molecule has 2 unspecified atom stereocenters. The summed E-state index contributed by atoms with van der Waals surface area (Å²) in [6.07, 6.45) is 4.47. The van der Waals surface area contributed by atoms with E-state index in [2.05, 4.69) is 208 Å². The van der Waals surface area contributed by atoms with Crippen LogP contribution < -0.4 is 4.74 Å². The summed E-state index contributed by atoms with van der Waals surface area (Å²) < 4.78 is 7.09. The Bertz CT molecular complexity index is 3400. The maximum absolute atomic E-state index is 7.09. The van der Waals surface area contributed by atoms with Gasteiger partial charge in [-0.2, -0.15) is 0 Å². The molecule has 0 fully saturated rings. The van der Waals surface area contributed by atoms with Gasteiger partial charge in [0.2, 0.25) is 0 Å². The van der Waals surface area contributed by atoms with Crippen molar-refractivity contribution in [3.8, 4) is 44.9 Å². The van der Waals surface area contributed by atoms with Crippen LogP contribution in [0, 0.1) is 0 Å². The van der Waals surface area contributed by atoms with Crippen molar-refractivity contribution >= 4 is 27.1 Å². The molecular formula is C58H38O. The van der Waals surface area contributed by atoms with Gasteiger partial charge in [0.25, 0.3) is 0 Å². The summed E-state index contributed by atoms with van der Waals surface area (Å²) in [5.41, 5.74) is 19.7. The van der Waals surface area contributed by atoms with Crippen LogP contribution in [0.25, 0.3) is 60.5 Å². The lowest BCUT2D eigenvalue weighted by atomic mass is 9.65. The molecule has 3 aliphatic carbocycles. The fourth-order valence-corrected chi connectivity index (χ4v) is 11.8. The molecule has 0 saturated heterocycles. The molecule has 4 aliphatic rings. The first-order valence-corrected chi connectivity index (χ1v) is 20.8. The third-order valence-electron chi connectivity index (χ3n) is 14.1. The number of fused-ring (bicyclic) bond motifs is 20. The molecule has 0 saturated carbocycles. The van der Waals surface area contributed by atoms with Crippen molar-refractivity contribution < 1.29 is 4.74 Å². The predicted molar refractivity (Wildman–Crippen MR) is 243 cm³/mol. The predicted octanol–water partition coefficient (Wildman–Crippen LogP) is 14.8. The summed E-state index contributed by atoms with van der Waals surface area (Å²) in [7, 11) is 0. The van der Waals surface area contributed by atoms with Crippen LogP contribution in [0.1, 0.15) is 58.4 Å². The summed E-state index contributed by atoms with van der Waals surface area (Å²) in [4.78, 5) is 0. The first-order valence-electron chi connectivity index (χ1n) is 20.8. The number of ether oxygens (including phenoxy) is 1. The maximum atomic E-state index is 7.09. The third-order valence-corrected chi connectivity index (χ3v) is 14.1. The Kier molecular flexibility index (Phi) is 6.50. The van der Waals surface area contributed by atoms with E-state index < -0.39 is 10.8 Å². The second-order valence-corrected chi connectivity index (χ2v) is 16.6. The summed E-state index contributed by atoms with van der Waals surface area (Å²) in [6, 6.07) is 68.2. The fraction of sp³-hybridized carbons (Fsp3) is 0.0690. The fourth-order valence-electron chi connectivity index (χ4n) is 11.8. The Labute approximate surface area is 344 Å². The Morgan fingerprint density at radius 3 is 1.75 bits per heavy atom. The van der Waals surface area contributed by atoms with Gasteiger partial charge in [0, 0.05) is 16.5 Å². The normalized spacial score (nSPS) is 18.8. The van der Waals surface area contributed by atoms with E-state index in [9.17, 15) is 0 Å². The lowest BCUT2D eigenvalue weighted by Crippen LogP contribution is -2.32. The highest BCUT2D eigenvalue weighted by Crippen LogP contribution is 2.65. The van der Waals surface area contributed by atoms with Gasteiger partial charge in [-0.15, -0.1) is 0 Å². The molecule has 1 heteroatoms. The average Bonchev–Trinajstić information content (AvgIpc) is 3.86. The Morgan fingerprint density at radius 2 is 0.983 bits per heavy atom. The van der Waals surface area contributed by atoms with Crippen LogP contribution in [0.5, 0.6) is 11.5 Å². The van der Waals surface area contributed by atoms with Crippen molar-refractivity contribution in [2.75, 3.05) is 0 Å². The largest absolute Gasteiger partial charge is 0.456 e. The summed E-state index contributed by atoms with van der Waals surface area (Å²) in [6.45, 7) is 4.46. The van der Waals surface area contributed by atoms with Crippen LogP contribution in [-0.4, -0.2) is 0 Å². The van der Waals surface area contributed by atoms with E-state index in [0.29, 0.717) is 0 Å². The molecule has 0 bridgehead atoms. The lowest BCUT2D eigenvalue weighted by Gasteiger charge is -2.40. The van der Waals surface area contributed by atoms with E-state index >= 15 is 0 Å². The van der Waals surface area contributed by atoms with E-state index in [1.165, 1.54) is 105 Å². The Balaban J connectivity index is 1.08. The monoisotopic (exact) mass is 750 g/mol. The van der Waals surface area contributed by atoms with Gasteiger partial charge in [-0.3, -0.25) is 0 Å². The SMILES string of the molecule is C/C=C\C1=C(C)C2(c3cc(-c4ccc5c(c4)C4(c6ccccc6-5)c5ccccc5-c5c4ccc4ccccc54)ccc3Oc3c2ccc2ccccc32)c2ccccc21. The van der Waals surface area contributed by atoms with Gasteiger partial charge in [-0.1, -0.05) is 176 Å². The van der Waals surface area contributed by atoms with E-state index in [4.69, 9.17) is 4.74 Å². The molecule has 1 aliphatic heterocycles. The van der Waals surface area contributed by atoms with Crippen molar-refractivity contribution in [3.63, 3.8) is 0 Å². The summed E-state index contributed by atoms with van der Waals surface area (Å²) >= 11 is 0. The second kappa shape index (κ2) is 11.7. The topological polar surface area (TPSA) is 9.23 Å². The molecular weight excluding hydrogens is 713 g/mol. The van der Waals surface area contributed by atoms with Crippen LogP contribution in [0.2, 0.25) is 0 Å². The van der Waals surface area contributed by atoms with E-state index in [1.807, 2.05) is 0 Å². The van der Waals surface area contributed by atoms with E-state index in [1.54, 1.807) is 0 Å². The third kappa shape index (κ3) is 3.96. The van der Waals surface area contributed by atoms with Crippen molar-refractivity contribution in [1.82, 2.24) is 0 Å². The van der Waals surface area contributed by atoms with E-state index in [0.717, 1.165) is 16.9 Å². The number of benzene rings is 9. The van der Waals surface area contributed by atoms with Crippen molar-refractivity contribution in [2.45, 2.75) is 24.7 Å². The average molecular weight is 751 g/mol. The molecule has 0 radical (unpaired) electrons. The smallest absolute Gasteiger partial charge is 0.140 e. The number of hydrogen-bond acceptors (Lipinski definition) is 1. The minimum absolute atomic E-state index is 0.443. The van der Waals surface area contributed by atoms with Gasteiger partial charge in [-0.05, 0) is 126 Å². The lowest BCUT2D eigenvalue weighted by molar-refractivity contribution is 0.440. The van der Waals surface area contributed by atoms with Gasteiger partial charge in [-0.25, -0.2) is 0 Å². The van der Waals surface area contributed by atoms with Crippen LogP contribution in [0.4, 0.5) is 0 Å². The zero-order chi connectivity index (χ0) is 39.0. The molecule has 9 aromatic rings. The molecule has 1 heterocycles. The standard InChI is InChI=1S/C58H38O/c1-3-14-40-35(2)57(47-22-11-8-19-43(40)47)51-31-27-37-16-5-7-18-42(37)56(51)59-54-32-28-39(34-53(54)57)38-25-29-45-44-20-9-12-23-48(44)58(52(45)33-38)49-24-13-10-21-46(49)55-41-17-6-4-15-36(41)26-30-50(55)58/h3-34H,1-2H3/b14-3-. The van der Waals surface area contributed by atoms with E-state index in [-0.39, 0.29) is 0 Å². The summed E-state index contributed by atoms with van der Waals surface area (Å²) in [5.74, 6) is 1.85.